The Morgan fingerprint density at radius 1 is 1.23 bits per heavy atom. The second kappa shape index (κ2) is 7.76. The minimum atomic E-state index is -0.970. The first kappa shape index (κ1) is 22.1. The number of cyclic esters (lactones) is 1. The predicted molar refractivity (Wildman–Crippen MR) is 110 cm³/mol. The molecule has 0 radical (unpaired) electrons. The van der Waals surface area contributed by atoms with Gasteiger partial charge in [-0.25, -0.2) is 4.79 Å². The van der Waals surface area contributed by atoms with E-state index in [0.717, 1.165) is 5.56 Å². The molecule has 31 heavy (non-hydrogen) atoms. The van der Waals surface area contributed by atoms with Gasteiger partial charge < -0.3 is 18.6 Å². The van der Waals surface area contributed by atoms with Gasteiger partial charge in [-0.15, -0.1) is 0 Å². The molecule has 0 amide bonds. The molecule has 1 saturated carbocycles. The van der Waals surface area contributed by atoms with Crippen LogP contribution in [-0.4, -0.2) is 35.5 Å². The number of carbonyl (C=O) groups is 3. The normalized spacial score (nSPS) is 37.4. The van der Waals surface area contributed by atoms with Gasteiger partial charge in [-0.2, -0.15) is 0 Å². The maximum absolute atomic E-state index is 13.4. The number of hydrogen-bond acceptors (Lipinski definition) is 7. The highest BCUT2D eigenvalue weighted by atomic mass is 16.7. The van der Waals surface area contributed by atoms with Crippen LogP contribution in [-0.2, 0) is 28.6 Å². The van der Waals surface area contributed by atoms with Crippen LogP contribution >= 0.6 is 0 Å². The van der Waals surface area contributed by atoms with Gasteiger partial charge in [0.2, 0.25) is 0 Å². The maximum atomic E-state index is 13.4. The minimum absolute atomic E-state index is 0.0636. The van der Waals surface area contributed by atoms with Crippen LogP contribution in [0.4, 0.5) is 0 Å². The number of hydrogen-bond donors (Lipinski definition) is 0. The lowest BCUT2D eigenvalue weighted by atomic mass is 9.68. The third-order valence-corrected chi connectivity index (χ3v) is 7.25. The quantitative estimate of drug-likeness (QED) is 0.526. The summed E-state index contributed by atoms with van der Waals surface area (Å²) in [5.41, 5.74) is -0.841. The van der Waals surface area contributed by atoms with Crippen LogP contribution in [0.3, 0.4) is 0 Å². The summed E-state index contributed by atoms with van der Waals surface area (Å²) in [5, 5.41) is 0. The van der Waals surface area contributed by atoms with Crippen molar-refractivity contribution in [1.82, 2.24) is 0 Å². The van der Waals surface area contributed by atoms with Crippen LogP contribution < -0.4 is 0 Å². The van der Waals surface area contributed by atoms with E-state index in [4.69, 9.17) is 18.6 Å². The average Bonchev–Trinajstić information content (AvgIpc) is 3.15. The van der Waals surface area contributed by atoms with Crippen LogP contribution in [0.15, 0.2) is 23.0 Å². The molecule has 0 bridgehead atoms. The topological polar surface area (TPSA) is 95.3 Å². The Labute approximate surface area is 182 Å². The fourth-order valence-corrected chi connectivity index (χ4v) is 5.16. The van der Waals surface area contributed by atoms with E-state index in [0.29, 0.717) is 25.7 Å². The molecule has 7 heteroatoms. The van der Waals surface area contributed by atoms with Crippen molar-refractivity contribution in [2.75, 3.05) is 0 Å². The number of rotatable bonds is 3. The van der Waals surface area contributed by atoms with E-state index in [1.807, 2.05) is 20.8 Å². The summed E-state index contributed by atoms with van der Waals surface area (Å²) in [6.45, 7) is 9.27. The van der Waals surface area contributed by atoms with Crippen LogP contribution in [0.1, 0.15) is 72.0 Å². The molecule has 1 spiro atoms. The van der Waals surface area contributed by atoms with Crippen molar-refractivity contribution in [3.63, 3.8) is 0 Å². The Morgan fingerprint density at radius 3 is 2.61 bits per heavy atom. The molecule has 0 N–H and O–H groups in total. The fourth-order valence-electron chi connectivity index (χ4n) is 5.16. The third-order valence-electron chi connectivity index (χ3n) is 7.25. The molecular formula is C24H32O7. The maximum Gasteiger partial charge on any atom is 0.342 e. The molecule has 3 heterocycles. The molecule has 4 rings (SSSR count). The van der Waals surface area contributed by atoms with Crippen molar-refractivity contribution in [3.05, 3.63) is 24.2 Å². The van der Waals surface area contributed by atoms with Gasteiger partial charge in [-0.05, 0) is 37.7 Å². The number of ketones is 1. The second-order valence-electron chi connectivity index (χ2n) is 10.3. The molecule has 2 saturated heterocycles. The molecule has 6 unspecified atom stereocenters. The molecule has 1 aliphatic carbocycles. The Kier molecular flexibility index (Phi) is 5.53. The number of epoxide rings is 1. The molecule has 3 aliphatic rings. The Hall–Kier alpha value is -2.15. The van der Waals surface area contributed by atoms with Gasteiger partial charge in [0.25, 0.3) is 0 Å². The zero-order chi connectivity index (χ0) is 22.6. The van der Waals surface area contributed by atoms with Crippen molar-refractivity contribution >= 4 is 17.7 Å². The summed E-state index contributed by atoms with van der Waals surface area (Å²) in [4.78, 5) is 38.9. The first-order valence-corrected chi connectivity index (χ1v) is 11.2. The highest BCUT2D eigenvalue weighted by Crippen LogP contribution is 2.57. The monoisotopic (exact) mass is 432 g/mol. The average molecular weight is 433 g/mol. The Morgan fingerprint density at radius 2 is 1.97 bits per heavy atom. The van der Waals surface area contributed by atoms with Gasteiger partial charge in [-0.1, -0.05) is 34.6 Å². The number of furan rings is 1. The van der Waals surface area contributed by atoms with Crippen molar-refractivity contribution in [1.29, 1.82) is 0 Å². The van der Waals surface area contributed by atoms with E-state index < -0.39 is 23.2 Å². The van der Waals surface area contributed by atoms with Gasteiger partial charge in [-0.3, -0.25) is 9.59 Å². The lowest BCUT2D eigenvalue weighted by Crippen LogP contribution is -2.49. The predicted octanol–water partition coefficient (Wildman–Crippen LogP) is 4.00. The lowest BCUT2D eigenvalue weighted by molar-refractivity contribution is -0.172. The van der Waals surface area contributed by atoms with Crippen molar-refractivity contribution < 1.29 is 33.0 Å². The van der Waals surface area contributed by atoms with Crippen molar-refractivity contribution in [2.45, 2.75) is 84.2 Å². The smallest absolute Gasteiger partial charge is 0.342 e. The van der Waals surface area contributed by atoms with E-state index >= 15 is 0 Å². The first-order valence-electron chi connectivity index (χ1n) is 11.2. The lowest BCUT2D eigenvalue weighted by Gasteiger charge is -2.39. The van der Waals surface area contributed by atoms with E-state index in [-0.39, 0.29) is 41.6 Å². The van der Waals surface area contributed by atoms with Gasteiger partial charge in [0, 0.05) is 16.9 Å². The van der Waals surface area contributed by atoms with Gasteiger partial charge in [0.1, 0.15) is 6.10 Å². The largest absolute Gasteiger partial charge is 0.472 e. The summed E-state index contributed by atoms with van der Waals surface area (Å²) < 4.78 is 22.7. The van der Waals surface area contributed by atoms with Crippen molar-refractivity contribution in [3.8, 4) is 0 Å². The standard InChI is InChI=1S/C24H32O7/c1-13(2)21(26)29-18-10-14(3)16-11-17(15-7-9-28-12-15)30-22(27)24(16)19(31-24)6-8-23(4,5)20(18)25/h7,9,12-14,16-19H,6,8,10-11H2,1-5H3. The van der Waals surface area contributed by atoms with Crippen LogP contribution in [0, 0.1) is 23.2 Å². The second-order valence-corrected chi connectivity index (χ2v) is 10.3. The van der Waals surface area contributed by atoms with E-state index in [1.54, 1.807) is 32.4 Å². The zero-order valence-electron chi connectivity index (χ0n) is 18.9. The van der Waals surface area contributed by atoms with Crippen molar-refractivity contribution in [2.24, 2.45) is 23.2 Å². The van der Waals surface area contributed by atoms with E-state index in [1.165, 1.54) is 0 Å². The summed E-state index contributed by atoms with van der Waals surface area (Å²) >= 11 is 0. The summed E-state index contributed by atoms with van der Waals surface area (Å²) in [6, 6.07) is 1.80. The molecular weight excluding hydrogens is 400 g/mol. The third kappa shape index (κ3) is 3.81. The van der Waals surface area contributed by atoms with Crippen LogP contribution in [0.25, 0.3) is 0 Å². The molecule has 1 aromatic rings. The van der Waals surface area contributed by atoms with Gasteiger partial charge in [0.15, 0.2) is 17.5 Å². The number of ether oxygens (including phenoxy) is 3. The van der Waals surface area contributed by atoms with E-state index in [9.17, 15) is 14.4 Å². The zero-order valence-corrected chi connectivity index (χ0v) is 18.9. The molecule has 2 aliphatic heterocycles. The van der Waals surface area contributed by atoms with E-state index in [2.05, 4.69) is 0 Å². The molecule has 0 aromatic carbocycles. The Balaban J connectivity index is 1.65. The number of esters is 2. The molecule has 3 fully saturated rings. The van der Waals surface area contributed by atoms with Gasteiger partial charge >= 0.3 is 11.9 Å². The molecule has 1 aromatic heterocycles. The van der Waals surface area contributed by atoms with Crippen LogP contribution in [0.2, 0.25) is 0 Å². The summed E-state index contributed by atoms with van der Waals surface area (Å²) in [5.74, 6) is -1.34. The van der Waals surface area contributed by atoms with Gasteiger partial charge in [0.05, 0.1) is 24.5 Å². The number of carbonyl (C=O) groups excluding carboxylic acids is 3. The molecule has 6 atom stereocenters. The minimum Gasteiger partial charge on any atom is -0.472 e. The molecule has 170 valence electrons. The first-order chi connectivity index (χ1) is 14.6. The number of Topliss-reactive ketones (excluding diaryl/α,β-unsaturated/α-hetero) is 1. The van der Waals surface area contributed by atoms with Crippen LogP contribution in [0.5, 0.6) is 0 Å². The Bertz CT molecular complexity index is 855. The summed E-state index contributed by atoms with van der Waals surface area (Å²) in [6.07, 6.45) is 3.71. The highest BCUT2D eigenvalue weighted by Gasteiger charge is 2.71. The fraction of sp³-hybridized carbons (Fsp3) is 0.708. The molecule has 7 nitrogen and oxygen atoms in total. The SMILES string of the molecule is CC(C)C(=O)OC1CC(C)C2CC(c3ccoc3)OC(=O)C23OC3CCC(C)(C)C1=O. The summed E-state index contributed by atoms with van der Waals surface area (Å²) in [7, 11) is 0. The highest BCUT2D eigenvalue weighted by molar-refractivity contribution is 5.90.